The van der Waals surface area contributed by atoms with E-state index in [4.69, 9.17) is 0 Å². The number of rotatable bonds is 3. The molecule has 8 heteroatoms. The van der Waals surface area contributed by atoms with Crippen LogP contribution in [0, 0.1) is 0 Å². The molecule has 7 nitrogen and oxygen atoms in total. The van der Waals surface area contributed by atoms with Crippen LogP contribution < -0.4 is 21.9 Å². The molecule has 0 saturated carbocycles. The molecule has 1 amide bonds. The van der Waals surface area contributed by atoms with Crippen LogP contribution in [-0.2, 0) is 18.9 Å². The average Bonchev–Trinajstić information content (AvgIpc) is 2.76. The number of carbonyl (C=O) groups excluding carboxylic acids is 1. The molecule has 0 radical (unpaired) electrons. The summed E-state index contributed by atoms with van der Waals surface area (Å²) in [6.07, 6.45) is 0. The number of nitrogens with one attached hydrogen (secondary N) is 2. The van der Waals surface area contributed by atoms with E-state index in [9.17, 15) is 14.4 Å². The van der Waals surface area contributed by atoms with Crippen molar-refractivity contribution < 1.29 is 4.79 Å². The summed E-state index contributed by atoms with van der Waals surface area (Å²) < 4.78 is 3.35. The number of carbonyl (C=O) groups is 1. The number of hydrogen-bond donors (Lipinski definition) is 2. The number of fused-ring (bicyclic) bond motifs is 1. The van der Waals surface area contributed by atoms with Gasteiger partial charge in [0.2, 0.25) is 0 Å². The number of hydrogen-bond acceptors (Lipinski definition) is 4. The Bertz CT molecular complexity index is 1320. The molecule has 1 aliphatic heterocycles. The Morgan fingerprint density at radius 3 is 2.29 bits per heavy atom. The zero-order chi connectivity index (χ0) is 22.3. The predicted octanol–water partition coefficient (Wildman–Crippen LogP) is 3.32. The summed E-state index contributed by atoms with van der Waals surface area (Å²) in [5.74, 6) is -0.556. The van der Waals surface area contributed by atoms with Crippen molar-refractivity contribution in [3.8, 4) is 0 Å². The summed E-state index contributed by atoms with van der Waals surface area (Å²) in [6, 6.07) is 16.6. The highest BCUT2D eigenvalue weighted by Gasteiger charge is 2.36. The van der Waals surface area contributed by atoms with Crippen LogP contribution in [0.5, 0.6) is 0 Å². The van der Waals surface area contributed by atoms with E-state index in [2.05, 4.69) is 26.6 Å². The van der Waals surface area contributed by atoms with Crippen molar-refractivity contribution in [2.45, 2.75) is 12.8 Å². The summed E-state index contributed by atoms with van der Waals surface area (Å²) in [5, 5.41) is 6.04. The van der Waals surface area contributed by atoms with Crippen molar-refractivity contribution in [2.24, 2.45) is 14.1 Å². The van der Waals surface area contributed by atoms with Crippen molar-refractivity contribution in [2.75, 3.05) is 10.6 Å². The van der Waals surface area contributed by atoms with Gasteiger partial charge >= 0.3 is 5.69 Å². The third-order valence-corrected chi connectivity index (χ3v) is 5.99. The quantitative estimate of drug-likeness (QED) is 0.601. The Morgan fingerprint density at radius 2 is 1.65 bits per heavy atom. The molecule has 0 bridgehead atoms. The van der Waals surface area contributed by atoms with E-state index < -0.39 is 17.2 Å². The highest BCUT2D eigenvalue weighted by Crippen LogP contribution is 2.40. The summed E-state index contributed by atoms with van der Waals surface area (Å²) in [6.45, 7) is 1.77. The van der Waals surface area contributed by atoms with Crippen LogP contribution in [0.25, 0.3) is 0 Å². The topological polar surface area (TPSA) is 85.1 Å². The standard InChI is InChI=1S/C23H21BrN4O3/c1-13-17(21(29)26-16-7-5-4-6-8-16)18(14-9-11-15(24)12-10-14)19-20(25-13)27(2)23(31)28(3)22(19)30/h4-12,18,25H,1-3H3,(H,26,29)/t18-/m0/s1. The molecule has 2 heterocycles. The van der Waals surface area contributed by atoms with Gasteiger partial charge in [-0.15, -0.1) is 0 Å². The van der Waals surface area contributed by atoms with Gasteiger partial charge in [0.05, 0.1) is 11.5 Å². The van der Waals surface area contributed by atoms with Crippen LogP contribution in [0.15, 0.2) is 79.9 Å². The maximum atomic E-state index is 13.4. The first-order chi connectivity index (χ1) is 14.8. The molecule has 0 spiro atoms. The fourth-order valence-corrected chi connectivity index (χ4v) is 4.16. The van der Waals surface area contributed by atoms with Crippen molar-refractivity contribution in [3.63, 3.8) is 0 Å². The molecular weight excluding hydrogens is 460 g/mol. The van der Waals surface area contributed by atoms with Gasteiger partial charge in [-0.1, -0.05) is 46.3 Å². The van der Waals surface area contributed by atoms with E-state index in [0.717, 1.165) is 14.6 Å². The molecular formula is C23H21BrN4O3. The highest BCUT2D eigenvalue weighted by molar-refractivity contribution is 9.10. The minimum Gasteiger partial charge on any atom is -0.344 e. The van der Waals surface area contributed by atoms with Gasteiger partial charge < -0.3 is 10.6 Å². The maximum absolute atomic E-state index is 13.4. The molecule has 158 valence electrons. The number of nitrogens with zero attached hydrogens (tertiary/aromatic N) is 2. The Labute approximate surface area is 187 Å². The SMILES string of the molecule is CC1=C(C(=O)Nc2ccccc2)[C@H](c2ccc(Br)cc2)c2c(n(C)c(=O)n(C)c2=O)N1. The fourth-order valence-electron chi connectivity index (χ4n) is 3.90. The summed E-state index contributed by atoms with van der Waals surface area (Å²) in [7, 11) is 3.05. The minimum absolute atomic E-state index is 0.314. The van der Waals surface area contributed by atoms with Crippen molar-refractivity contribution in [1.82, 2.24) is 9.13 Å². The van der Waals surface area contributed by atoms with Gasteiger partial charge in [-0.25, -0.2) is 4.79 Å². The zero-order valence-electron chi connectivity index (χ0n) is 17.3. The monoisotopic (exact) mass is 480 g/mol. The van der Waals surface area contributed by atoms with Gasteiger partial charge in [-0.2, -0.15) is 0 Å². The Balaban J connectivity index is 1.95. The second kappa shape index (κ2) is 8.03. The number of benzene rings is 2. The molecule has 0 fully saturated rings. The van der Waals surface area contributed by atoms with Gasteiger partial charge in [0, 0.05) is 35.5 Å². The first-order valence-electron chi connectivity index (χ1n) is 9.69. The fraction of sp³-hybridized carbons (Fsp3) is 0.174. The first-order valence-corrected chi connectivity index (χ1v) is 10.5. The van der Waals surface area contributed by atoms with Crippen LogP contribution in [0.2, 0.25) is 0 Å². The summed E-state index contributed by atoms with van der Waals surface area (Å²) in [5.41, 5.74) is 1.93. The van der Waals surface area contributed by atoms with Crippen LogP contribution in [-0.4, -0.2) is 15.0 Å². The van der Waals surface area contributed by atoms with Gasteiger partial charge in [-0.3, -0.25) is 18.7 Å². The van der Waals surface area contributed by atoms with Crippen LogP contribution in [0.1, 0.15) is 24.0 Å². The summed E-state index contributed by atoms with van der Waals surface area (Å²) in [4.78, 5) is 39.1. The maximum Gasteiger partial charge on any atom is 0.332 e. The van der Waals surface area contributed by atoms with Gasteiger partial charge in [0.1, 0.15) is 5.82 Å². The lowest BCUT2D eigenvalue weighted by Gasteiger charge is -2.31. The van der Waals surface area contributed by atoms with Gasteiger partial charge in [-0.05, 0) is 36.8 Å². The number of amides is 1. The van der Waals surface area contributed by atoms with Crippen molar-refractivity contribution in [3.05, 3.63) is 102 Å². The van der Waals surface area contributed by atoms with Gasteiger partial charge in [0.15, 0.2) is 0 Å². The Hall–Kier alpha value is -3.39. The van der Waals surface area contributed by atoms with Crippen LogP contribution in [0.4, 0.5) is 11.5 Å². The number of para-hydroxylation sites is 1. The molecule has 2 aromatic carbocycles. The van der Waals surface area contributed by atoms with E-state index in [1.807, 2.05) is 42.5 Å². The number of halogens is 1. The molecule has 3 aromatic rings. The second-order valence-electron chi connectivity index (χ2n) is 7.44. The first kappa shape index (κ1) is 20.9. The third-order valence-electron chi connectivity index (χ3n) is 5.47. The zero-order valence-corrected chi connectivity index (χ0v) is 18.9. The smallest absolute Gasteiger partial charge is 0.332 e. The number of anilines is 2. The minimum atomic E-state index is -0.640. The van der Waals surface area contributed by atoms with E-state index in [1.54, 1.807) is 26.1 Å². The van der Waals surface area contributed by atoms with E-state index >= 15 is 0 Å². The van der Waals surface area contributed by atoms with E-state index in [1.165, 1.54) is 11.6 Å². The third kappa shape index (κ3) is 3.63. The lowest BCUT2D eigenvalue weighted by atomic mass is 9.81. The Morgan fingerprint density at radius 1 is 1.00 bits per heavy atom. The lowest BCUT2D eigenvalue weighted by molar-refractivity contribution is -0.113. The van der Waals surface area contributed by atoms with Crippen LogP contribution >= 0.6 is 15.9 Å². The number of allylic oxidation sites excluding steroid dienone is 1. The van der Waals surface area contributed by atoms with E-state index in [-0.39, 0.29) is 5.91 Å². The molecule has 0 unspecified atom stereocenters. The van der Waals surface area contributed by atoms with Crippen molar-refractivity contribution in [1.29, 1.82) is 0 Å². The largest absolute Gasteiger partial charge is 0.344 e. The predicted molar refractivity (Wildman–Crippen MR) is 124 cm³/mol. The van der Waals surface area contributed by atoms with Crippen LogP contribution in [0.3, 0.4) is 0 Å². The second-order valence-corrected chi connectivity index (χ2v) is 8.35. The van der Waals surface area contributed by atoms with Crippen molar-refractivity contribution >= 4 is 33.3 Å². The number of aromatic nitrogens is 2. The molecule has 0 aliphatic carbocycles. The highest BCUT2D eigenvalue weighted by atomic mass is 79.9. The average molecular weight is 481 g/mol. The van der Waals surface area contributed by atoms with Gasteiger partial charge in [0.25, 0.3) is 11.5 Å². The molecule has 1 atom stereocenters. The lowest BCUT2D eigenvalue weighted by Crippen LogP contribution is -2.43. The summed E-state index contributed by atoms with van der Waals surface area (Å²) >= 11 is 3.43. The molecule has 1 aliphatic rings. The molecule has 2 N–H and O–H groups in total. The molecule has 1 aromatic heterocycles. The Kier molecular flexibility index (Phi) is 5.41. The van der Waals surface area contributed by atoms with E-state index in [0.29, 0.717) is 28.3 Å². The molecule has 0 saturated heterocycles. The normalized spacial score (nSPS) is 15.3. The molecule has 31 heavy (non-hydrogen) atoms. The molecule has 4 rings (SSSR count).